The Morgan fingerprint density at radius 2 is 1.93 bits per heavy atom. The Labute approximate surface area is 171 Å². The van der Waals surface area contributed by atoms with Gasteiger partial charge in [0.05, 0.1) is 5.54 Å². The topological polar surface area (TPSA) is 62.3 Å². The van der Waals surface area contributed by atoms with Gasteiger partial charge in [-0.25, -0.2) is 4.98 Å². The largest absolute Gasteiger partial charge is 0.402 e. The molecule has 1 aliphatic heterocycles. The molecule has 1 saturated heterocycles. The lowest BCUT2D eigenvalue weighted by atomic mass is 9.79. The monoisotopic (exact) mass is 443 g/mol. The Hall–Kier alpha value is -1.49. The molecule has 29 heavy (non-hydrogen) atoms. The van der Waals surface area contributed by atoms with E-state index in [4.69, 9.17) is 0 Å². The first kappa shape index (κ1) is 19.5. The van der Waals surface area contributed by atoms with Crippen LogP contribution in [-0.2, 0) is 23.1 Å². The molecule has 156 valence electrons. The number of benzene rings is 1. The smallest absolute Gasteiger partial charge is 0.245 e. The summed E-state index contributed by atoms with van der Waals surface area (Å²) in [6.45, 7) is -1.55. The summed E-state index contributed by atoms with van der Waals surface area (Å²) in [6, 6.07) is 6.20. The molecule has 2 fully saturated rings. The maximum Gasteiger partial charge on any atom is 0.402 e. The van der Waals surface area contributed by atoms with Gasteiger partial charge >= 0.3 is 6.18 Å². The molecule has 5 nitrogen and oxygen atoms in total. The highest BCUT2D eigenvalue weighted by molar-refractivity contribution is 7.87. The average Bonchev–Trinajstić information content (AvgIpc) is 3.27. The number of hydrogen-bond acceptors (Lipinski definition) is 4. The SMILES string of the molecule is O=S1(=O)N[C@@]2(CN1CC(F)(F)F)[C@@H]1CC[C@H]2Cc2ccc(-c3nccs3)cc2C1. The molecule has 0 amide bonds. The highest BCUT2D eigenvalue weighted by Gasteiger charge is 2.60. The highest BCUT2D eigenvalue weighted by Crippen LogP contribution is 2.50. The lowest BCUT2D eigenvalue weighted by Crippen LogP contribution is -2.52. The van der Waals surface area contributed by atoms with Crippen molar-refractivity contribution in [3.05, 3.63) is 40.9 Å². The zero-order valence-electron chi connectivity index (χ0n) is 15.4. The Morgan fingerprint density at radius 1 is 1.21 bits per heavy atom. The zero-order chi connectivity index (χ0) is 20.4. The number of hydrogen-bond donors (Lipinski definition) is 1. The van der Waals surface area contributed by atoms with Crippen LogP contribution in [-0.4, -0.2) is 42.5 Å². The van der Waals surface area contributed by atoms with Gasteiger partial charge in [0.2, 0.25) is 0 Å². The van der Waals surface area contributed by atoms with Crippen molar-refractivity contribution in [3.63, 3.8) is 0 Å². The van der Waals surface area contributed by atoms with Gasteiger partial charge in [-0.3, -0.25) is 0 Å². The van der Waals surface area contributed by atoms with Crippen molar-refractivity contribution in [2.75, 3.05) is 13.1 Å². The minimum Gasteiger partial charge on any atom is -0.245 e. The van der Waals surface area contributed by atoms with E-state index in [-0.39, 0.29) is 18.4 Å². The van der Waals surface area contributed by atoms with Crippen molar-refractivity contribution in [1.82, 2.24) is 14.0 Å². The average molecular weight is 444 g/mol. The molecule has 2 heterocycles. The van der Waals surface area contributed by atoms with E-state index in [0.717, 1.165) is 34.5 Å². The second-order valence-electron chi connectivity index (χ2n) is 8.23. The van der Waals surface area contributed by atoms with Crippen LogP contribution in [0.4, 0.5) is 13.2 Å². The summed E-state index contributed by atoms with van der Waals surface area (Å²) in [7, 11) is -4.15. The van der Waals surface area contributed by atoms with E-state index in [0.29, 0.717) is 17.1 Å². The van der Waals surface area contributed by atoms with Crippen LogP contribution in [0.3, 0.4) is 0 Å². The summed E-state index contributed by atoms with van der Waals surface area (Å²) in [4.78, 5) is 4.35. The first-order chi connectivity index (χ1) is 13.7. The van der Waals surface area contributed by atoms with Crippen LogP contribution in [0.15, 0.2) is 29.8 Å². The number of thiazole rings is 1. The second-order valence-corrected chi connectivity index (χ2v) is 10.8. The molecule has 1 aromatic carbocycles. The van der Waals surface area contributed by atoms with Crippen LogP contribution in [0, 0.1) is 11.8 Å². The fourth-order valence-electron chi connectivity index (χ4n) is 5.34. The number of rotatable bonds is 2. The maximum absolute atomic E-state index is 13.0. The van der Waals surface area contributed by atoms with Crippen molar-refractivity contribution in [2.24, 2.45) is 11.8 Å². The summed E-state index contributed by atoms with van der Waals surface area (Å²) >= 11 is 1.56. The summed E-state index contributed by atoms with van der Waals surface area (Å²) in [5.41, 5.74) is 2.50. The molecule has 2 aromatic rings. The lowest BCUT2D eigenvalue weighted by Gasteiger charge is -2.33. The Bertz CT molecular complexity index is 1040. The van der Waals surface area contributed by atoms with Crippen LogP contribution < -0.4 is 4.72 Å². The van der Waals surface area contributed by atoms with E-state index in [2.05, 4.69) is 21.8 Å². The van der Waals surface area contributed by atoms with E-state index in [1.165, 1.54) is 0 Å². The molecule has 3 atom stereocenters. The van der Waals surface area contributed by atoms with Crippen molar-refractivity contribution < 1.29 is 21.6 Å². The predicted molar refractivity (Wildman–Crippen MR) is 104 cm³/mol. The molecule has 1 spiro atoms. The second kappa shape index (κ2) is 6.50. The fraction of sp³-hybridized carbons (Fsp3) is 0.526. The number of nitrogens with zero attached hydrogens (tertiary/aromatic N) is 2. The van der Waals surface area contributed by atoms with Crippen LogP contribution in [0.25, 0.3) is 10.6 Å². The third kappa shape index (κ3) is 3.30. The standard InChI is InChI=1S/C19H20F3N3O2S2/c20-19(21,22)11-25-10-18(24-29(25,26)27)15-3-4-16(18)9-14-7-13(2-1-12(14)8-15)17-23-5-6-28-17/h1-2,5-7,15-16,24H,3-4,8-11H2/t15-,16+,18+/m0/s1. The van der Waals surface area contributed by atoms with Gasteiger partial charge in [0.15, 0.2) is 0 Å². The minimum absolute atomic E-state index is 0.00697. The first-order valence-electron chi connectivity index (χ1n) is 9.54. The summed E-state index contributed by atoms with van der Waals surface area (Å²) in [5, 5.41) is 2.84. The molecule has 1 N–H and O–H groups in total. The van der Waals surface area contributed by atoms with E-state index < -0.39 is 28.5 Å². The lowest BCUT2D eigenvalue weighted by molar-refractivity contribution is -0.136. The van der Waals surface area contributed by atoms with Gasteiger partial charge in [0.1, 0.15) is 11.6 Å². The molecular formula is C19H20F3N3O2S2. The van der Waals surface area contributed by atoms with Gasteiger partial charge in [0, 0.05) is 23.7 Å². The van der Waals surface area contributed by atoms with E-state index in [9.17, 15) is 21.6 Å². The van der Waals surface area contributed by atoms with Crippen LogP contribution >= 0.6 is 11.3 Å². The molecule has 0 unspecified atom stereocenters. The number of fused-ring (bicyclic) bond motifs is 1. The molecule has 1 aromatic heterocycles. The first-order valence-corrected chi connectivity index (χ1v) is 11.9. The van der Waals surface area contributed by atoms with Gasteiger partial charge in [-0.2, -0.15) is 30.6 Å². The van der Waals surface area contributed by atoms with Crippen LogP contribution in [0.5, 0.6) is 0 Å². The van der Waals surface area contributed by atoms with Crippen LogP contribution in [0.2, 0.25) is 0 Å². The molecule has 2 bridgehead atoms. The van der Waals surface area contributed by atoms with Gasteiger partial charge in [-0.15, -0.1) is 11.3 Å². The van der Waals surface area contributed by atoms with Crippen molar-refractivity contribution in [2.45, 2.75) is 37.4 Å². The highest BCUT2D eigenvalue weighted by atomic mass is 32.2. The molecule has 5 rings (SSSR count). The third-order valence-corrected chi connectivity index (χ3v) is 8.99. The van der Waals surface area contributed by atoms with Gasteiger partial charge in [-0.1, -0.05) is 12.1 Å². The fourth-order valence-corrected chi connectivity index (χ4v) is 7.69. The van der Waals surface area contributed by atoms with E-state index >= 15 is 0 Å². The van der Waals surface area contributed by atoms with E-state index in [1.54, 1.807) is 17.5 Å². The maximum atomic E-state index is 13.0. The minimum atomic E-state index is -4.56. The van der Waals surface area contributed by atoms with E-state index in [1.807, 2.05) is 11.4 Å². The Kier molecular flexibility index (Phi) is 4.37. The molecule has 2 aliphatic carbocycles. The molecule has 0 radical (unpaired) electrons. The van der Waals surface area contributed by atoms with Gasteiger partial charge in [-0.05, 0) is 54.7 Å². The molecule has 1 saturated carbocycles. The van der Waals surface area contributed by atoms with Crippen LogP contribution in [0.1, 0.15) is 24.0 Å². The predicted octanol–water partition coefficient (Wildman–Crippen LogP) is 3.39. The van der Waals surface area contributed by atoms with Crippen molar-refractivity contribution in [3.8, 4) is 10.6 Å². The molecule has 10 heteroatoms. The normalized spacial score (nSPS) is 31.1. The van der Waals surface area contributed by atoms with Crippen molar-refractivity contribution in [1.29, 1.82) is 0 Å². The number of aromatic nitrogens is 1. The zero-order valence-corrected chi connectivity index (χ0v) is 17.1. The quantitative estimate of drug-likeness (QED) is 0.774. The molecule has 3 aliphatic rings. The summed E-state index contributed by atoms with van der Waals surface area (Å²) < 4.78 is 67.2. The van der Waals surface area contributed by atoms with Crippen molar-refractivity contribution >= 4 is 21.5 Å². The number of halogens is 3. The van der Waals surface area contributed by atoms with Gasteiger partial charge in [0.25, 0.3) is 10.2 Å². The summed E-state index contributed by atoms with van der Waals surface area (Å²) in [5.74, 6) is -0.0271. The Balaban J connectivity index is 1.49. The molecular weight excluding hydrogens is 423 g/mol. The Morgan fingerprint density at radius 3 is 2.59 bits per heavy atom. The number of alkyl halides is 3. The van der Waals surface area contributed by atoms with Gasteiger partial charge < -0.3 is 0 Å². The third-order valence-electron chi connectivity index (χ3n) is 6.59. The summed E-state index contributed by atoms with van der Waals surface area (Å²) in [6.07, 6.45) is 0.162. The number of nitrogens with one attached hydrogen (secondary N) is 1.